The predicted molar refractivity (Wildman–Crippen MR) is 111 cm³/mol. The first-order valence-corrected chi connectivity index (χ1v) is 9.77. The molecule has 150 valence electrons. The summed E-state index contributed by atoms with van der Waals surface area (Å²) in [5.41, 5.74) is 4.81. The van der Waals surface area contributed by atoms with Crippen molar-refractivity contribution < 1.29 is 13.6 Å². The third kappa shape index (κ3) is 3.88. The lowest BCUT2D eigenvalue weighted by molar-refractivity contribution is 0.0714. The lowest BCUT2D eigenvalue weighted by Crippen LogP contribution is -2.49. The predicted octanol–water partition coefficient (Wildman–Crippen LogP) is 4.37. The van der Waals surface area contributed by atoms with E-state index in [1.807, 2.05) is 0 Å². The van der Waals surface area contributed by atoms with Gasteiger partial charge in [-0.25, -0.2) is 9.37 Å². The molecule has 1 aromatic heterocycles. The molecule has 29 heavy (non-hydrogen) atoms. The van der Waals surface area contributed by atoms with Crippen LogP contribution in [0.3, 0.4) is 0 Å². The van der Waals surface area contributed by atoms with E-state index in [9.17, 15) is 9.18 Å². The van der Waals surface area contributed by atoms with E-state index >= 15 is 0 Å². The second-order valence-electron chi connectivity index (χ2n) is 7.49. The second kappa shape index (κ2) is 7.70. The normalized spacial score (nSPS) is 14.3. The Morgan fingerprint density at radius 2 is 1.69 bits per heavy atom. The van der Waals surface area contributed by atoms with Gasteiger partial charge in [0.1, 0.15) is 11.5 Å². The Morgan fingerprint density at radius 3 is 2.38 bits per heavy atom. The number of carbonyl (C=O) groups is 1. The van der Waals surface area contributed by atoms with E-state index in [0.29, 0.717) is 30.2 Å². The number of aromatic nitrogens is 1. The van der Waals surface area contributed by atoms with Crippen LogP contribution in [0.25, 0.3) is 11.3 Å². The highest BCUT2D eigenvalue weighted by Gasteiger charge is 2.28. The molecule has 0 saturated carbocycles. The van der Waals surface area contributed by atoms with Crippen LogP contribution in [0, 0.1) is 26.6 Å². The lowest BCUT2D eigenvalue weighted by atomic mass is 10.1. The molecule has 5 nitrogen and oxygen atoms in total. The average Bonchev–Trinajstić information content (AvgIpc) is 3.11. The molecule has 0 spiro atoms. The summed E-state index contributed by atoms with van der Waals surface area (Å²) >= 11 is 0. The molecule has 6 heteroatoms. The van der Waals surface area contributed by atoms with Gasteiger partial charge in [0.05, 0.1) is 0 Å². The van der Waals surface area contributed by atoms with Gasteiger partial charge in [-0.2, -0.15) is 0 Å². The van der Waals surface area contributed by atoms with Crippen LogP contribution in [-0.2, 0) is 0 Å². The summed E-state index contributed by atoms with van der Waals surface area (Å²) in [6.07, 6.45) is 0. The Hall–Kier alpha value is -3.15. The number of rotatable bonds is 3. The monoisotopic (exact) mass is 393 g/mol. The van der Waals surface area contributed by atoms with E-state index in [0.717, 1.165) is 13.1 Å². The molecule has 1 amide bonds. The molecule has 1 aliphatic rings. The smallest absolute Gasteiger partial charge is 0.292 e. The number of hydrogen-bond donors (Lipinski definition) is 0. The molecule has 4 rings (SSSR count). The number of halogens is 1. The van der Waals surface area contributed by atoms with Crippen LogP contribution < -0.4 is 4.90 Å². The third-order valence-electron chi connectivity index (χ3n) is 5.32. The first-order valence-electron chi connectivity index (χ1n) is 9.77. The van der Waals surface area contributed by atoms with E-state index in [1.54, 1.807) is 24.0 Å². The SMILES string of the molecule is Cc1ccc(C)c(N2CCN(C(=O)c3oc(C)nc3-c3ccc(F)cc3)CC2)c1. The van der Waals surface area contributed by atoms with Crippen LogP contribution >= 0.6 is 0 Å². The van der Waals surface area contributed by atoms with Gasteiger partial charge in [-0.3, -0.25) is 4.79 Å². The molecule has 3 aromatic rings. The van der Waals surface area contributed by atoms with Crippen molar-refractivity contribution in [2.24, 2.45) is 0 Å². The standard InChI is InChI=1S/C23H24FN3O2/c1-15-4-5-16(2)20(14-15)26-10-12-27(13-11-26)23(28)22-21(25-17(3)29-22)18-6-8-19(24)9-7-18/h4-9,14H,10-13H2,1-3H3. The van der Waals surface area contributed by atoms with E-state index < -0.39 is 0 Å². The van der Waals surface area contributed by atoms with Crippen molar-refractivity contribution in [3.05, 3.63) is 71.1 Å². The van der Waals surface area contributed by atoms with Gasteiger partial charge in [0.2, 0.25) is 5.76 Å². The van der Waals surface area contributed by atoms with Crippen LogP contribution in [0.5, 0.6) is 0 Å². The summed E-state index contributed by atoms with van der Waals surface area (Å²) in [6, 6.07) is 12.4. The maximum Gasteiger partial charge on any atom is 0.292 e. The molecule has 1 saturated heterocycles. The van der Waals surface area contributed by atoms with Crippen LogP contribution in [0.4, 0.5) is 10.1 Å². The number of benzene rings is 2. The Bertz CT molecular complexity index is 1030. The highest BCUT2D eigenvalue weighted by molar-refractivity contribution is 5.97. The average molecular weight is 393 g/mol. The van der Waals surface area contributed by atoms with Gasteiger partial charge in [-0.15, -0.1) is 0 Å². The van der Waals surface area contributed by atoms with Gasteiger partial charge in [-0.1, -0.05) is 12.1 Å². The number of nitrogens with zero attached hydrogens (tertiary/aromatic N) is 3. The summed E-state index contributed by atoms with van der Waals surface area (Å²) < 4.78 is 18.9. The molecular formula is C23H24FN3O2. The Balaban J connectivity index is 1.52. The zero-order valence-corrected chi connectivity index (χ0v) is 16.9. The van der Waals surface area contributed by atoms with Crippen LogP contribution in [-0.4, -0.2) is 42.0 Å². The summed E-state index contributed by atoms with van der Waals surface area (Å²) in [5.74, 6) is 0.130. The molecule has 0 N–H and O–H groups in total. The van der Waals surface area contributed by atoms with Crippen molar-refractivity contribution in [3.8, 4) is 11.3 Å². The van der Waals surface area contributed by atoms with Gasteiger partial charge in [0, 0.05) is 44.4 Å². The van der Waals surface area contributed by atoms with Gasteiger partial charge in [0.15, 0.2) is 5.89 Å². The molecule has 0 aliphatic carbocycles. The number of aryl methyl sites for hydroxylation is 3. The number of oxazole rings is 1. The minimum atomic E-state index is -0.329. The Labute approximate surface area is 169 Å². The molecule has 1 aliphatic heterocycles. The minimum Gasteiger partial charge on any atom is -0.435 e. The fourth-order valence-electron chi connectivity index (χ4n) is 3.73. The number of hydrogen-bond acceptors (Lipinski definition) is 4. The van der Waals surface area contributed by atoms with Gasteiger partial charge >= 0.3 is 0 Å². The summed E-state index contributed by atoms with van der Waals surface area (Å²) in [4.78, 5) is 21.6. The topological polar surface area (TPSA) is 49.6 Å². The highest BCUT2D eigenvalue weighted by Crippen LogP contribution is 2.27. The fraction of sp³-hybridized carbons (Fsp3) is 0.304. The second-order valence-corrected chi connectivity index (χ2v) is 7.49. The van der Waals surface area contributed by atoms with E-state index in [1.165, 1.54) is 28.9 Å². The largest absolute Gasteiger partial charge is 0.435 e. The number of amides is 1. The minimum absolute atomic E-state index is 0.175. The van der Waals surface area contributed by atoms with Crippen molar-refractivity contribution in [2.45, 2.75) is 20.8 Å². The maximum absolute atomic E-state index is 13.3. The summed E-state index contributed by atoms with van der Waals surface area (Å²) in [7, 11) is 0. The van der Waals surface area contributed by atoms with Crippen LogP contribution in [0.15, 0.2) is 46.9 Å². The molecular weight excluding hydrogens is 369 g/mol. The Kier molecular flexibility index (Phi) is 5.09. The van der Waals surface area contributed by atoms with E-state index in [2.05, 4.69) is 41.9 Å². The zero-order chi connectivity index (χ0) is 20.5. The van der Waals surface area contributed by atoms with Gasteiger partial charge < -0.3 is 14.2 Å². The van der Waals surface area contributed by atoms with Gasteiger partial charge in [0.25, 0.3) is 5.91 Å². The number of anilines is 1. The number of carbonyl (C=O) groups excluding carboxylic acids is 1. The molecule has 2 aromatic carbocycles. The van der Waals surface area contributed by atoms with Crippen molar-refractivity contribution >= 4 is 11.6 Å². The third-order valence-corrected chi connectivity index (χ3v) is 5.32. The van der Waals surface area contributed by atoms with Crippen LogP contribution in [0.2, 0.25) is 0 Å². The Morgan fingerprint density at radius 1 is 1.00 bits per heavy atom. The zero-order valence-electron chi connectivity index (χ0n) is 16.9. The van der Waals surface area contributed by atoms with E-state index in [4.69, 9.17) is 4.42 Å². The lowest BCUT2D eigenvalue weighted by Gasteiger charge is -2.36. The molecule has 0 bridgehead atoms. The highest BCUT2D eigenvalue weighted by atomic mass is 19.1. The molecule has 0 radical (unpaired) electrons. The van der Waals surface area contributed by atoms with Crippen molar-refractivity contribution in [1.82, 2.24) is 9.88 Å². The van der Waals surface area contributed by atoms with Gasteiger partial charge in [-0.05, 0) is 55.3 Å². The summed E-state index contributed by atoms with van der Waals surface area (Å²) in [5, 5.41) is 0. The quantitative estimate of drug-likeness (QED) is 0.663. The van der Waals surface area contributed by atoms with Crippen molar-refractivity contribution in [1.29, 1.82) is 0 Å². The first kappa shape index (κ1) is 19.2. The maximum atomic E-state index is 13.3. The molecule has 0 atom stereocenters. The first-order chi connectivity index (χ1) is 13.9. The number of piperazine rings is 1. The molecule has 2 heterocycles. The van der Waals surface area contributed by atoms with Crippen molar-refractivity contribution in [2.75, 3.05) is 31.1 Å². The van der Waals surface area contributed by atoms with E-state index in [-0.39, 0.29) is 17.5 Å². The van der Waals surface area contributed by atoms with Crippen LogP contribution in [0.1, 0.15) is 27.6 Å². The molecule has 1 fully saturated rings. The fourth-order valence-corrected chi connectivity index (χ4v) is 3.73. The summed E-state index contributed by atoms with van der Waals surface area (Å²) in [6.45, 7) is 8.64. The molecule has 0 unspecified atom stereocenters. The van der Waals surface area contributed by atoms with Crippen molar-refractivity contribution in [3.63, 3.8) is 0 Å².